The maximum absolute atomic E-state index is 12.3. The molecule has 1 unspecified atom stereocenters. The van der Waals surface area contributed by atoms with Crippen molar-refractivity contribution < 1.29 is 24.2 Å². The normalized spacial score (nSPS) is 12.2. The van der Waals surface area contributed by atoms with Crippen LogP contribution in [0.25, 0.3) is 0 Å². The van der Waals surface area contributed by atoms with Crippen molar-refractivity contribution in [3.8, 4) is 0 Å². The first kappa shape index (κ1) is 58.4. The van der Waals surface area contributed by atoms with Crippen LogP contribution in [0.1, 0.15) is 296 Å². The molecule has 5 heteroatoms. The van der Waals surface area contributed by atoms with E-state index < -0.39 is 6.10 Å². The highest BCUT2D eigenvalue weighted by Gasteiger charge is 2.16. The van der Waals surface area contributed by atoms with E-state index in [1.165, 1.54) is 231 Å². The van der Waals surface area contributed by atoms with Crippen LogP contribution in [0.4, 0.5) is 0 Å². The molecule has 0 rings (SSSR count). The molecular weight excluding hydrogens is 741 g/mol. The van der Waals surface area contributed by atoms with Crippen LogP contribution in [0.15, 0.2) is 24.3 Å². The van der Waals surface area contributed by atoms with E-state index in [-0.39, 0.29) is 25.2 Å². The van der Waals surface area contributed by atoms with Gasteiger partial charge in [-0.1, -0.05) is 244 Å². The Balaban J connectivity index is 3.45. The lowest BCUT2D eigenvalue weighted by Gasteiger charge is -2.15. The number of esters is 2. The van der Waals surface area contributed by atoms with Gasteiger partial charge in [-0.2, -0.15) is 0 Å². The van der Waals surface area contributed by atoms with Crippen LogP contribution in [0.5, 0.6) is 0 Å². The fourth-order valence-electron chi connectivity index (χ4n) is 8.14. The van der Waals surface area contributed by atoms with E-state index in [0.29, 0.717) is 12.8 Å². The molecule has 60 heavy (non-hydrogen) atoms. The highest BCUT2D eigenvalue weighted by Crippen LogP contribution is 2.16. The molecule has 0 saturated carbocycles. The molecule has 0 aromatic rings. The molecule has 0 radical (unpaired) electrons. The molecule has 0 aromatic heterocycles. The van der Waals surface area contributed by atoms with E-state index in [9.17, 15) is 14.7 Å². The molecule has 0 amide bonds. The van der Waals surface area contributed by atoms with Crippen LogP contribution in [0.2, 0.25) is 0 Å². The number of aliphatic hydroxyl groups is 1. The fourth-order valence-corrected chi connectivity index (χ4v) is 8.14. The minimum atomic E-state index is -0.770. The maximum Gasteiger partial charge on any atom is 0.306 e. The van der Waals surface area contributed by atoms with Crippen molar-refractivity contribution in [2.75, 3.05) is 13.2 Å². The maximum atomic E-state index is 12.3. The summed E-state index contributed by atoms with van der Waals surface area (Å²) < 4.78 is 10.7. The molecule has 0 aromatic carbocycles. The first-order chi connectivity index (χ1) is 29.6. The SMILES string of the molecule is CCCCCCCCCC/C=C\CCCCCCCCCCCCCCCC(=O)OC(CO)COC(=O)CCCCCCCCCCC/C=C\CCCCCCCCCC. The van der Waals surface area contributed by atoms with Crippen molar-refractivity contribution in [1.82, 2.24) is 0 Å². The summed E-state index contributed by atoms with van der Waals surface area (Å²) in [5.74, 6) is -0.578. The van der Waals surface area contributed by atoms with Crippen LogP contribution in [-0.2, 0) is 19.1 Å². The predicted molar refractivity (Wildman–Crippen MR) is 261 cm³/mol. The van der Waals surface area contributed by atoms with E-state index >= 15 is 0 Å². The second-order valence-corrected chi connectivity index (χ2v) is 18.3. The number of rotatable bonds is 50. The summed E-state index contributed by atoms with van der Waals surface area (Å²) in [5, 5.41) is 9.64. The number of hydrogen-bond acceptors (Lipinski definition) is 5. The zero-order valence-corrected chi connectivity index (χ0v) is 40.5. The minimum absolute atomic E-state index is 0.0623. The molecule has 0 aliphatic carbocycles. The highest BCUT2D eigenvalue weighted by molar-refractivity contribution is 5.70. The number of carbonyl (C=O) groups excluding carboxylic acids is 2. The van der Waals surface area contributed by atoms with Gasteiger partial charge < -0.3 is 14.6 Å². The number of allylic oxidation sites excluding steroid dienone is 4. The van der Waals surface area contributed by atoms with Crippen molar-refractivity contribution in [3.63, 3.8) is 0 Å². The van der Waals surface area contributed by atoms with E-state index in [0.717, 1.165) is 38.5 Å². The largest absolute Gasteiger partial charge is 0.462 e. The summed E-state index contributed by atoms with van der Waals surface area (Å²) in [7, 11) is 0. The first-order valence-electron chi connectivity index (χ1n) is 26.9. The van der Waals surface area contributed by atoms with Crippen LogP contribution < -0.4 is 0 Å². The summed E-state index contributed by atoms with van der Waals surface area (Å²) in [5.41, 5.74) is 0. The van der Waals surface area contributed by atoms with E-state index in [1.807, 2.05) is 0 Å². The predicted octanol–water partition coefficient (Wildman–Crippen LogP) is 17.8. The number of unbranched alkanes of at least 4 members (excludes halogenated alkanes) is 38. The minimum Gasteiger partial charge on any atom is -0.462 e. The summed E-state index contributed by atoms with van der Waals surface area (Å²) >= 11 is 0. The van der Waals surface area contributed by atoms with Crippen LogP contribution in [0, 0.1) is 0 Å². The monoisotopic (exact) mass is 845 g/mol. The summed E-state index contributed by atoms with van der Waals surface area (Å²) in [6.45, 7) is 4.18. The lowest BCUT2D eigenvalue weighted by Crippen LogP contribution is -2.28. The fraction of sp³-hybridized carbons (Fsp3) is 0.891. The Kier molecular flexibility index (Phi) is 50.3. The van der Waals surface area contributed by atoms with Gasteiger partial charge in [-0.15, -0.1) is 0 Å². The van der Waals surface area contributed by atoms with Gasteiger partial charge in [0.05, 0.1) is 6.61 Å². The van der Waals surface area contributed by atoms with Crippen molar-refractivity contribution >= 4 is 11.9 Å². The number of carbonyl (C=O) groups is 2. The number of hydrogen-bond donors (Lipinski definition) is 1. The Bertz CT molecular complexity index is 913. The average molecular weight is 845 g/mol. The van der Waals surface area contributed by atoms with Gasteiger partial charge in [0.15, 0.2) is 6.10 Å². The van der Waals surface area contributed by atoms with Crippen molar-refractivity contribution in [3.05, 3.63) is 24.3 Å². The van der Waals surface area contributed by atoms with E-state index in [1.54, 1.807) is 0 Å². The van der Waals surface area contributed by atoms with Crippen molar-refractivity contribution in [2.45, 2.75) is 302 Å². The Morgan fingerprint density at radius 2 is 0.617 bits per heavy atom. The third kappa shape index (κ3) is 49.0. The molecule has 0 saturated heterocycles. The molecule has 0 bridgehead atoms. The van der Waals surface area contributed by atoms with Crippen LogP contribution >= 0.6 is 0 Å². The van der Waals surface area contributed by atoms with Crippen molar-refractivity contribution in [2.24, 2.45) is 0 Å². The quantitative estimate of drug-likeness (QED) is 0.0375. The second kappa shape index (κ2) is 51.7. The van der Waals surface area contributed by atoms with Gasteiger partial charge >= 0.3 is 11.9 Å². The molecule has 354 valence electrons. The van der Waals surface area contributed by atoms with Gasteiger partial charge in [-0.05, 0) is 64.2 Å². The molecule has 5 nitrogen and oxygen atoms in total. The molecule has 0 spiro atoms. The summed E-state index contributed by atoms with van der Waals surface area (Å²) in [6.07, 6.45) is 64.3. The van der Waals surface area contributed by atoms with Crippen molar-refractivity contribution in [1.29, 1.82) is 0 Å². The van der Waals surface area contributed by atoms with E-state index in [4.69, 9.17) is 9.47 Å². The molecule has 0 aliphatic heterocycles. The van der Waals surface area contributed by atoms with Gasteiger partial charge in [0.1, 0.15) is 6.61 Å². The Labute approximate surface area is 374 Å². The second-order valence-electron chi connectivity index (χ2n) is 18.3. The number of aliphatic hydroxyl groups excluding tert-OH is 1. The van der Waals surface area contributed by atoms with E-state index in [2.05, 4.69) is 38.2 Å². The first-order valence-corrected chi connectivity index (χ1v) is 26.9. The highest BCUT2D eigenvalue weighted by atomic mass is 16.6. The molecule has 0 aliphatic rings. The smallest absolute Gasteiger partial charge is 0.306 e. The standard InChI is InChI=1S/C55H104O5/c1-3-5-7-9-11-13-15-17-19-21-23-25-26-27-28-30-32-34-36-38-40-42-44-46-48-50-55(58)60-53(51-56)52-59-54(57)49-47-45-43-41-39-37-35-33-31-29-24-22-20-18-16-14-12-10-8-6-4-2/h21-24,53,56H,3-20,25-52H2,1-2H3/b23-21-,24-22-. The molecule has 0 heterocycles. The summed E-state index contributed by atoms with van der Waals surface area (Å²) in [4.78, 5) is 24.5. The molecular formula is C55H104O5. The molecule has 1 N–H and O–H groups in total. The third-order valence-electron chi connectivity index (χ3n) is 12.2. The Morgan fingerprint density at radius 3 is 0.900 bits per heavy atom. The van der Waals surface area contributed by atoms with Gasteiger partial charge in [-0.3, -0.25) is 9.59 Å². The van der Waals surface area contributed by atoms with Gasteiger partial charge in [-0.25, -0.2) is 0 Å². The molecule has 1 atom stereocenters. The lowest BCUT2D eigenvalue weighted by molar-refractivity contribution is -0.161. The van der Waals surface area contributed by atoms with Gasteiger partial charge in [0.2, 0.25) is 0 Å². The lowest BCUT2D eigenvalue weighted by atomic mass is 10.0. The summed E-state index contributed by atoms with van der Waals surface area (Å²) in [6, 6.07) is 0. The Hall–Kier alpha value is -1.62. The topological polar surface area (TPSA) is 72.8 Å². The molecule has 0 fully saturated rings. The van der Waals surface area contributed by atoms with Crippen LogP contribution in [0.3, 0.4) is 0 Å². The van der Waals surface area contributed by atoms with Gasteiger partial charge in [0.25, 0.3) is 0 Å². The van der Waals surface area contributed by atoms with Gasteiger partial charge in [0, 0.05) is 12.8 Å². The zero-order chi connectivity index (χ0) is 43.5. The number of ether oxygens (including phenoxy) is 2. The zero-order valence-electron chi connectivity index (χ0n) is 40.5. The Morgan fingerprint density at radius 1 is 0.367 bits per heavy atom. The average Bonchev–Trinajstić information content (AvgIpc) is 3.25. The van der Waals surface area contributed by atoms with Crippen LogP contribution in [-0.4, -0.2) is 36.4 Å². The third-order valence-corrected chi connectivity index (χ3v) is 12.2.